The molecule has 0 aliphatic heterocycles. The zero-order chi connectivity index (χ0) is 14.3. The van der Waals surface area contributed by atoms with Crippen LogP contribution in [0.5, 0.6) is 5.75 Å². The van der Waals surface area contributed by atoms with E-state index in [4.69, 9.17) is 16.3 Å². The summed E-state index contributed by atoms with van der Waals surface area (Å²) in [6, 6.07) is 7.60. The molecule has 3 aromatic rings. The quantitative estimate of drug-likeness (QED) is 0.727. The van der Waals surface area contributed by atoms with E-state index in [0.717, 1.165) is 22.4 Å². The highest BCUT2D eigenvalue weighted by Gasteiger charge is 2.15. The van der Waals surface area contributed by atoms with E-state index < -0.39 is 0 Å². The van der Waals surface area contributed by atoms with Crippen molar-refractivity contribution in [2.24, 2.45) is 0 Å². The topological polar surface area (TPSA) is 52.3 Å². The number of aromatic nitrogens is 4. The Labute approximate surface area is 121 Å². The van der Waals surface area contributed by atoms with Crippen molar-refractivity contribution in [1.29, 1.82) is 0 Å². The molecule has 0 atom stereocenters. The molecular formula is C14H13ClN4O. The van der Waals surface area contributed by atoms with Crippen LogP contribution in [-0.2, 0) is 0 Å². The van der Waals surface area contributed by atoms with Crippen molar-refractivity contribution in [2.75, 3.05) is 7.11 Å². The van der Waals surface area contributed by atoms with Gasteiger partial charge in [-0.15, -0.1) is 10.2 Å². The second kappa shape index (κ2) is 4.76. The number of halogens is 1. The predicted molar refractivity (Wildman–Crippen MR) is 77.3 cm³/mol. The van der Waals surface area contributed by atoms with Crippen molar-refractivity contribution in [2.45, 2.75) is 13.8 Å². The van der Waals surface area contributed by atoms with E-state index in [2.05, 4.69) is 15.3 Å². The molecule has 0 amide bonds. The number of hydrogen-bond donors (Lipinski definition) is 0. The summed E-state index contributed by atoms with van der Waals surface area (Å²) in [6.07, 6.45) is 0. The maximum Gasteiger partial charge on any atom is 0.185 e. The lowest BCUT2D eigenvalue weighted by Crippen LogP contribution is -2.00. The highest BCUT2D eigenvalue weighted by atomic mass is 35.5. The van der Waals surface area contributed by atoms with Crippen LogP contribution in [0.25, 0.3) is 17.0 Å². The van der Waals surface area contributed by atoms with Gasteiger partial charge in [0.05, 0.1) is 7.11 Å². The Balaban J connectivity index is 2.27. The van der Waals surface area contributed by atoms with E-state index in [1.54, 1.807) is 11.6 Å². The van der Waals surface area contributed by atoms with Gasteiger partial charge in [-0.2, -0.15) is 9.61 Å². The van der Waals surface area contributed by atoms with Gasteiger partial charge in [0.2, 0.25) is 0 Å². The predicted octanol–water partition coefficient (Wildman–Crippen LogP) is 3.07. The Morgan fingerprint density at radius 3 is 2.70 bits per heavy atom. The lowest BCUT2D eigenvalue weighted by Gasteiger charge is -2.06. The van der Waals surface area contributed by atoms with E-state index >= 15 is 0 Å². The van der Waals surface area contributed by atoms with E-state index in [-0.39, 0.29) is 0 Å². The number of hydrogen-bond acceptors (Lipinski definition) is 4. The number of nitrogens with zero attached hydrogens (tertiary/aromatic N) is 4. The third-order valence-corrected chi connectivity index (χ3v) is 3.72. The second-order valence-electron chi connectivity index (χ2n) is 4.53. The zero-order valence-corrected chi connectivity index (χ0v) is 12.1. The lowest BCUT2D eigenvalue weighted by molar-refractivity contribution is 0.415. The summed E-state index contributed by atoms with van der Waals surface area (Å²) in [5.74, 6) is 1.40. The normalized spacial score (nSPS) is 11.0. The second-order valence-corrected chi connectivity index (χ2v) is 4.89. The average molecular weight is 289 g/mol. The molecular weight excluding hydrogens is 276 g/mol. The van der Waals surface area contributed by atoms with Gasteiger partial charge >= 0.3 is 0 Å². The molecule has 102 valence electrons. The Hall–Kier alpha value is -2.14. The number of methoxy groups -OCH3 is 1. The third-order valence-electron chi connectivity index (χ3n) is 3.36. The van der Waals surface area contributed by atoms with Gasteiger partial charge in [0.1, 0.15) is 5.75 Å². The van der Waals surface area contributed by atoms with Crippen LogP contribution in [0, 0.1) is 13.8 Å². The molecule has 1 aromatic carbocycles. The van der Waals surface area contributed by atoms with Crippen LogP contribution in [0.4, 0.5) is 0 Å². The molecule has 2 aromatic heterocycles. The van der Waals surface area contributed by atoms with Crippen molar-refractivity contribution in [3.8, 4) is 17.1 Å². The van der Waals surface area contributed by atoms with Gasteiger partial charge in [0, 0.05) is 11.1 Å². The maximum absolute atomic E-state index is 6.16. The van der Waals surface area contributed by atoms with Crippen LogP contribution in [0.15, 0.2) is 24.3 Å². The van der Waals surface area contributed by atoms with Crippen LogP contribution < -0.4 is 4.74 Å². The molecule has 0 saturated carbocycles. The minimum Gasteiger partial charge on any atom is -0.497 e. The molecule has 0 unspecified atom stereocenters. The summed E-state index contributed by atoms with van der Waals surface area (Å²) >= 11 is 6.16. The van der Waals surface area contributed by atoms with Crippen LogP contribution >= 0.6 is 11.6 Å². The molecule has 0 saturated heterocycles. The largest absolute Gasteiger partial charge is 0.497 e. The fraction of sp³-hybridized carbons (Fsp3) is 0.214. The third kappa shape index (κ3) is 1.91. The zero-order valence-electron chi connectivity index (χ0n) is 11.4. The Kier molecular flexibility index (Phi) is 3.06. The van der Waals surface area contributed by atoms with Crippen molar-refractivity contribution in [1.82, 2.24) is 19.8 Å². The van der Waals surface area contributed by atoms with E-state index in [1.807, 2.05) is 38.1 Å². The number of aryl methyl sites for hydroxylation is 1. The van der Waals surface area contributed by atoms with Crippen molar-refractivity contribution >= 4 is 17.2 Å². The molecule has 0 fully saturated rings. The minimum atomic E-state index is 0.457. The fourth-order valence-electron chi connectivity index (χ4n) is 2.04. The van der Waals surface area contributed by atoms with Crippen LogP contribution in [0.2, 0.25) is 5.15 Å². The molecule has 20 heavy (non-hydrogen) atoms. The first-order valence-electron chi connectivity index (χ1n) is 6.14. The summed E-state index contributed by atoms with van der Waals surface area (Å²) in [4.78, 5) is 0. The monoisotopic (exact) mass is 288 g/mol. The first-order valence-corrected chi connectivity index (χ1v) is 6.52. The molecule has 0 aliphatic rings. The molecule has 0 bridgehead atoms. The molecule has 5 nitrogen and oxygen atoms in total. The molecule has 0 aliphatic carbocycles. The number of ether oxygens (including phenoxy) is 1. The summed E-state index contributed by atoms with van der Waals surface area (Å²) in [7, 11) is 1.63. The first-order chi connectivity index (χ1) is 9.61. The lowest BCUT2D eigenvalue weighted by atomic mass is 10.2. The number of rotatable bonds is 2. The molecule has 0 N–H and O–H groups in total. The summed E-state index contributed by atoms with van der Waals surface area (Å²) < 4.78 is 6.89. The highest BCUT2D eigenvalue weighted by molar-refractivity contribution is 6.30. The SMILES string of the molecule is COc1cccc(-c2nnc3c(C)c(C)c(Cl)nn23)c1. The molecule has 2 heterocycles. The van der Waals surface area contributed by atoms with Crippen molar-refractivity contribution < 1.29 is 4.74 Å². The highest BCUT2D eigenvalue weighted by Crippen LogP contribution is 2.25. The summed E-state index contributed by atoms with van der Waals surface area (Å²) in [5.41, 5.74) is 3.49. The van der Waals surface area contributed by atoms with Gasteiger partial charge < -0.3 is 4.74 Å². The molecule has 3 rings (SSSR count). The van der Waals surface area contributed by atoms with Crippen molar-refractivity contribution in [3.05, 3.63) is 40.5 Å². The molecule has 6 heteroatoms. The van der Waals surface area contributed by atoms with Gasteiger partial charge in [-0.05, 0) is 31.5 Å². The maximum atomic E-state index is 6.16. The number of benzene rings is 1. The molecule has 0 spiro atoms. The average Bonchev–Trinajstić information content (AvgIpc) is 2.88. The minimum absolute atomic E-state index is 0.457. The van der Waals surface area contributed by atoms with E-state index in [9.17, 15) is 0 Å². The Morgan fingerprint density at radius 2 is 1.95 bits per heavy atom. The van der Waals surface area contributed by atoms with E-state index in [1.165, 1.54) is 0 Å². The van der Waals surface area contributed by atoms with Crippen LogP contribution in [0.3, 0.4) is 0 Å². The summed E-state index contributed by atoms with van der Waals surface area (Å²) in [5, 5.41) is 13.2. The Bertz CT molecular complexity index is 797. The summed E-state index contributed by atoms with van der Waals surface area (Å²) in [6.45, 7) is 3.88. The first kappa shape index (κ1) is 12.9. The van der Waals surface area contributed by atoms with Gasteiger partial charge in [0.25, 0.3) is 0 Å². The molecule has 0 radical (unpaired) electrons. The van der Waals surface area contributed by atoms with Gasteiger partial charge in [-0.1, -0.05) is 23.7 Å². The standard InChI is InChI=1S/C14H13ClN4O/c1-8-9(2)13-16-17-14(19(13)18-12(8)15)10-5-4-6-11(7-10)20-3/h4-7H,1-3H3. The smallest absolute Gasteiger partial charge is 0.185 e. The van der Waals surface area contributed by atoms with Crippen LogP contribution in [0.1, 0.15) is 11.1 Å². The Morgan fingerprint density at radius 1 is 1.15 bits per heavy atom. The van der Waals surface area contributed by atoms with Crippen LogP contribution in [-0.4, -0.2) is 26.9 Å². The van der Waals surface area contributed by atoms with Gasteiger partial charge in [-0.3, -0.25) is 0 Å². The number of fused-ring (bicyclic) bond motifs is 1. The van der Waals surface area contributed by atoms with Gasteiger partial charge in [0.15, 0.2) is 16.6 Å². The fourth-order valence-corrected chi connectivity index (χ4v) is 2.25. The van der Waals surface area contributed by atoms with E-state index in [0.29, 0.717) is 16.6 Å². The van der Waals surface area contributed by atoms with Gasteiger partial charge in [-0.25, -0.2) is 0 Å². The van der Waals surface area contributed by atoms with Crippen molar-refractivity contribution in [3.63, 3.8) is 0 Å².